The van der Waals surface area contributed by atoms with E-state index in [9.17, 15) is 13.2 Å². The summed E-state index contributed by atoms with van der Waals surface area (Å²) >= 11 is 0. The first-order valence-corrected chi connectivity index (χ1v) is 4.58. The first-order chi connectivity index (χ1) is 4.12. The van der Waals surface area contributed by atoms with Crippen molar-refractivity contribution in [1.29, 1.82) is 0 Å². The fourth-order valence-corrected chi connectivity index (χ4v) is 1.12. The highest BCUT2D eigenvalue weighted by Crippen LogP contribution is 1.89. The maximum absolute atomic E-state index is 10.6. The molecule has 0 saturated carbocycles. The number of hydrogen-bond acceptors (Lipinski definition) is 3. The maximum atomic E-state index is 10.6. The second kappa shape index (κ2) is 3.61. The fourth-order valence-electron chi connectivity index (χ4n) is 0.372. The van der Waals surface area contributed by atoms with Crippen molar-refractivity contribution in [3.8, 4) is 0 Å². The summed E-state index contributed by atoms with van der Waals surface area (Å²) in [6, 6.07) is 0. The highest BCUT2D eigenvalue weighted by molar-refractivity contribution is 7.91. The number of hydrogen-bond donors (Lipinski definition) is 0. The number of carbonyl (C=O) groups excluding carboxylic acids is 1. The summed E-state index contributed by atoms with van der Waals surface area (Å²) in [7, 11) is -2.91. The van der Waals surface area contributed by atoms with Crippen LogP contribution in [0.25, 0.3) is 0 Å². The smallest absolute Gasteiger partial charge is 0.150 e. The van der Waals surface area contributed by atoms with Gasteiger partial charge >= 0.3 is 0 Å². The molecule has 0 saturated heterocycles. The first-order valence-electron chi connectivity index (χ1n) is 2.76. The minimum atomic E-state index is -2.91. The van der Waals surface area contributed by atoms with Crippen LogP contribution < -0.4 is 0 Å². The molecule has 54 valence electrons. The van der Waals surface area contributed by atoms with E-state index in [1.165, 1.54) is 0 Å². The summed E-state index contributed by atoms with van der Waals surface area (Å²) in [5, 5.41) is 0. The van der Waals surface area contributed by atoms with Crippen molar-refractivity contribution in [2.75, 3.05) is 11.5 Å². The lowest BCUT2D eigenvalue weighted by atomic mass is 10.6. The second-order valence-electron chi connectivity index (χ2n) is 1.69. The third kappa shape index (κ3) is 4.14. The van der Waals surface area contributed by atoms with Crippen molar-refractivity contribution in [2.45, 2.75) is 13.3 Å². The molecule has 0 aromatic carbocycles. The van der Waals surface area contributed by atoms with Crippen LogP contribution >= 0.6 is 0 Å². The van der Waals surface area contributed by atoms with Crippen LogP contribution in [-0.2, 0) is 14.6 Å². The predicted molar refractivity (Wildman–Crippen MR) is 35.0 cm³/mol. The van der Waals surface area contributed by atoms with Gasteiger partial charge in [0, 0.05) is 12.2 Å². The number of sulfone groups is 1. The molecule has 0 unspecified atom stereocenters. The molecule has 0 aromatic rings. The molecule has 9 heavy (non-hydrogen) atoms. The zero-order chi connectivity index (χ0) is 7.33. The molecule has 0 heterocycles. The Bertz CT molecular complexity index is 169. The Labute approximate surface area is 55.0 Å². The van der Waals surface area contributed by atoms with Gasteiger partial charge < -0.3 is 4.79 Å². The van der Waals surface area contributed by atoms with Gasteiger partial charge in [0.15, 0.2) is 0 Å². The molecule has 0 aliphatic rings. The lowest BCUT2D eigenvalue weighted by Crippen LogP contribution is -2.08. The molecule has 0 bridgehead atoms. The van der Waals surface area contributed by atoms with Crippen molar-refractivity contribution < 1.29 is 13.2 Å². The van der Waals surface area contributed by atoms with E-state index in [0.717, 1.165) is 0 Å². The van der Waals surface area contributed by atoms with Gasteiger partial charge in [-0.2, -0.15) is 0 Å². The standard InChI is InChI=1S/C5H10O3S/c1-2-9(7,8)5-3-4-6/h4H,2-3,5H2,1H3. The van der Waals surface area contributed by atoms with Crippen LogP contribution in [0.15, 0.2) is 0 Å². The average molecular weight is 150 g/mol. The van der Waals surface area contributed by atoms with Crippen molar-refractivity contribution in [1.82, 2.24) is 0 Å². The van der Waals surface area contributed by atoms with Crippen LogP contribution in [-0.4, -0.2) is 26.2 Å². The molecule has 0 fully saturated rings. The van der Waals surface area contributed by atoms with Gasteiger partial charge in [0.05, 0.1) is 5.75 Å². The first kappa shape index (κ1) is 8.62. The van der Waals surface area contributed by atoms with Crippen molar-refractivity contribution in [3.05, 3.63) is 0 Å². The molecule has 4 heteroatoms. The number of rotatable bonds is 4. The minimum Gasteiger partial charge on any atom is -0.303 e. The Morgan fingerprint density at radius 2 is 2.00 bits per heavy atom. The van der Waals surface area contributed by atoms with E-state index in [-0.39, 0.29) is 17.9 Å². The van der Waals surface area contributed by atoms with Crippen LogP contribution in [0, 0.1) is 0 Å². The number of aldehydes is 1. The molecule has 0 rings (SSSR count). The molecule has 0 aromatic heterocycles. The largest absolute Gasteiger partial charge is 0.303 e. The Balaban J connectivity index is 3.74. The normalized spacial score (nSPS) is 11.2. The zero-order valence-electron chi connectivity index (χ0n) is 5.33. The summed E-state index contributed by atoms with van der Waals surface area (Å²) in [5.41, 5.74) is 0. The Kier molecular flexibility index (Phi) is 3.46. The maximum Gasteiger partial charge on any atom is 0.150 e. The lowest BCUT2D eigenvalue weighted by Gasteiger charge is -1.93. The van der Waals surface area contributed by atoms with E-state index in [0.29, 0.717) is 6.29 Å². The highest BCUT2D eigenvalue weighted by atomic mass is 32.2. The minimum absolute atomic E-state index is 0.00694. The summed E-state index contributed by atoms with van der Waals surface area (Å²) in [6.07, 6.45) is 0.739. The molecule has 0 aliphatic carbocycles. The molecule has 0 N–H and O–H groups in total. The van der Waals surface area contributed by atoms with E-state index in [4.69, 9.17) is 0 Å². The topological polar surface area (TPSA) is 51.2 Å². The van der Waals surface area contributed by atoms with Crippen LogP contribution in [0.4, 0.5) is 0 Å². The Morgan fingerprint density at radius 3 is 2.33 bits per heavy atom. The molecule has 0 atom stereocenters. The molecule has 0 spiro atoms. The molecule has 0 aliphatic heterocycles. The van der Waals surface area contributed by atoms with Gasteiger partial charge in [-0.1, -0.05) is 6.92 Å². The average Bonchev–Trinajstić information content (AvgIpc) is 1.84. The van der Waals surface area contributed by atoms with Gasteiger partial charge in [0.1, 0.15) is 16.1 Å². The van der Waals surface area contributed by atoms with Crippen LogP contribution in [0.2, 0.25) is 0 Å². The Hall–Kier alpha value is -0.380. The van der Waals surface area contributed by atoms with Crippen molar-refractivity contribution >= 4 is 16.1 Å². The third-order valence-electron chi connectivity index (χ3n) is 0.987. The lowest BCUT2D eigenvalue weighted by molar-refractivity contribution is -0.107. The zero-order valence-corrected chi connectivity index (χ0v) is 6.15. The summed E-state index contributed by atoms with van der Waals surface area (Å²) in [5.74, 6) is 0.119. The Morgan fingerprint density at radius 1 is 1.44 bits per heavy atom. The molecular formula is C5H10O3S. The molecule has 3 nitrogen and oxygen atoms in total. The van der Waals surface area contributed by atoms with Gasteiger partial charge in [0.25, 0.3) is 0 Å². The quantitative estimate of drug-likeness (QED) is 0.530. The van der Waals surface area contributed by atoms with Crippen molar-refractivity contribution in [2.24, 2.45) is 0 Å². The predicted octanol–water partition coefficient (Wildman–Crippen LogP) is 0.0101. The van der Waals surface area contributed by atoms with E-state index in [1.807, 2.05) is 0 Å². The second-order valence-corrected chi connectivity index (χ2v) is 4.16. The third-order valence-corrected chi connectivity index (χ3v) is 2.72. The SMILES string of the molecule is CCS(=O)(=O)CCC=O. The molecule has 0 radical (unpaired) electrons. The molecular weight excluding hydrogens is 140 g/mol. The van der Waals surface area contributed by atoms with Gasteiger partial charge in [-0.05, 0) is 0 Å². The van der Waals surface area contributed by atoms with Crippen LogP contribution in [0.3, 0.4) is 0 Å². The fraction of sp³-hybridized carbons (Fsp3) is 0.800. The molecule has 0 amide bonds. The van der Waals surface area contributed by atoms with E-state index >= 15 is 0 Å². The van der Waals surface area contributed by atoms with Gasteiger partial charge in [-0.3, -0.25) is 0 Å². The van der Waals surface area contributed by atoms with Crippen LogP contribution in [0.1, 0.15) is 13.3 Å². The van der Waals surface area contributed by atoms with E-state index in [1.54, 1.807) is 6.92 Å². The summed E-state index contributed by atoms with van der Waals surface area (Å²) < 4.78 is 21.2. The van der Waals surface area contributed by atoms with Gasteiger partial charge in [0.2, 0.25) is 0 Å². The van der Waals surface area contributed by atoms with Crippen molar-refractivity contribution in [3.63, 3.8) is 0 Å². The summed E-state index contributed by atoms with van der Waals surface area (Å²) in [6.45, 7) is 1.57. The van der Waals surface area contributed by atoms with Crippen LogP contribution in [0.5, 0.6) is 0 Å². The number of carbonyl (C=O) groups is 1. The van der Waals surface area contributed by atoms with E-state index in [2.05, 4.69) is 0 Å². The van der Waals surface area contributed by atoms with Gasteiger partial charge in [-0.15, -0.1) is 0 Å². The highest BCUT2D eigenvalue weighted by Gasteiger charge is 2.04. The van der Waals surface area contributed by atoms with Gasteiger partial charge in [-0.25, -0.2) is 8.42 Å². The summed E-state index contributed by atoms with van der Waals surface area (Å²) in [4.78, 5) is 9.70. The monoisotopic (exact) mass is 150 g/mol. The van der Waals surface area contributed by atoms with E-state index < -0.39 is 9.84 Å².